The normalized spacial score (nSPS) is 12.1. The maximum atomic E-state index is 11.0. The minimum atomic E-state index is -1.43. The van der Waals surface area contributed by atoms with E-state index in [0.717, 1.165) is 6.42 Å². The molecule has 1 amide bonds. The Labute approximate surface area is 88.2 Å². The molecular formula is C9H17NO5. The lowest BCUT2D eigenvalue weighted by Crippen LogP contribution is -2.32. The van der Waals surface area contributed by atoms with Crippen LogP contribution in [-0.4, -0.2) is 48.0 Å². The van der Waals surface area contributed by atoms with Crippen molar-refractivity contribution in [2.75, 3.05) is 19.8 Å². The molecule has 0 rings (SSSR count). The van der Waals surface area contributed by atoms with Gasteiger partial charge in [-0.3, -0.25) is 4.79 Å². The highest BCUT2D eigenvalue weighted by atomic mass is 16.5. The van der Waals surface area contributed by atoms with Crippen molar-refractivity contribution >= 4 is 11.9 Å². The molecule has 0 radical (unpaired) electrons. The first-order valence-corrected chi connectivity index (χ1v) is 4.83. The quantitative estimate of drug-likeness (QED) is 0.472. The molecule has 3 N–H and O–H groups in total. The summed E-state index contributed by atoms with van der Waals surface area (Å²) in [5, 5.41) is 19.6. The molecule has 0 aliphatic carbocycles. The minimum absolute atomic E-state index is 0.00511. The molecule has 0 aliphatic heterocycles. The van der Waals surface area contributed by atoms with Crippen LogP contribution in [0.2, 0.25) is 0 Å². The Bertz CT molecular complexity index is 207. The van der Waals surface area contributed by atoms with Crippen molar-refractivity contribution in [3.8, 4) is 0 Å². The van der Waals surface area contributed by atoms with Crippen LogP contribution in [0.5, 0.6) is 0 Å². The van der Waals surface area contributed by atoms with E-state index in [9.17, 15) is 9.59 Å². The van der Waals surface area contributed by atoms with E-state index in [4.69, 9.17) is 14.9 Å². The van der Waals surface area contributed by atoms with Crippen molar-refractivity contribution in [2.24, 2.45) is 0 Å². The van der Waals surface area contributed by atoms with E-state index >= 15 is 0 Å². The van der Waals surface area contributed by atoms with E-state index < -0.39 is 12.1 Å². The fourth-order valence-corrected chi connectivity index (χ4v) is 0.832. The van der Waals surface area contributed by atoms with Gasteiger partial charge in [-0.25, -0.2) is 4.79 Å². The third-order valence-corrected chi connectivity index (χ3v) is 1.61. The molecule has 0 heterocycles. The highest BCUT2D eigenvalue weighted by Crippen LogP contribution is 1.89. The summed E-state index contributed by atoms with van der Waals surface area (Å²) in [6.45, 7) is 2.55. The summed E-state index contributed by atoms with van der Waals surface area (Å²) in [4.78, 5) is 21.2. The van der Waals surface area contributed by atoms with Gasteiger partial charge >= 0.3 is 5.97 Å². The lowest BCUT2D eigenvalue weighted by molar-refractivity contribution is -0.147. The van der Waals surface area contributed by atoms with Crippen LogP contribution in [0.25, 0.3) is 0 Å². The third-order valence-electron chi connectivity index (χ3n) is 1.61. The zero-order chi connectivity index (χ0) is 11.7. The largest absolute Gasteiger partial charge is 0.479 e. The summed E-state index contributed by atoms with van der Waals surface area (Å²) in [6.07, 6.45) is -0.596. The summed E-state index contributed by atoms with van der Waals surface area (Å²) in [7, 11) is 0. The van der Waals surface area contributed by atoms with Crippen LogP contribution in [-0.2, 0) is 14.3 Å². The van der Waals surface area contributed by atoms with E-state index in [1.807, 2.05) is 6.92 Å². The van der Waals surface area contributed by atoms with Crippen molar-refractivity contribution in [1.82, 2.24) is 5.32 Å². The number of rotatable bonds is 8. The number of carbonyl (C=O) groups is 2. The molecule has 0 aromatic heterocycles. The predicted molar refractivity (Wildman–Crippen MR) is 52.4 cm³/mol. The number of carboxylic acids is 1. The molecule has 0 fully saturated rings. The minimum Gasteiger partial charge on any atom is -0.479 e. The molecule has 15 heavy (non-hydrogen) atoms. The second-order valence-corrected chi connectivity index (χ2v) is 3.05. The third kappa shape index (κ3) is 7.90. The van der Waals surface area contributed by atoms with E-state index in [0.29, 0.717) is 6.61 Å². The van der Waals surface area contributed by atoms with Gasteiger partial charge in [0, 0.05) is 19.6 Å². The topological polar surface area (TPSA) is 95.9 Å². The zero-order valence-electron chi connectivity index (χ0n) is 8.73. The fraction of sp³-hybridized carbons (Fsp3) is 0.778. The van der Waals surface area contributed by atoms with Crippen molar-refractivity contribution in [3.63, 3.8) is 0 Å². The Kier molecular flexibility index (Phi) is 7.57. The molecule has 88 valence electrons. The maximum Gasteiger partial charge on any atom is 0.332 e. The van der Waals surface area contributed by atoms with E-state index in [1.54, 1.807) is 0 Å². The standard InChI is InChI=1S/C9H17NO5/c1-2-5-15-6-8(12)10-4-3-7(11)9(13)14/h7,11H,2-6H2,1H3,(H,10,12)(H,13,14)/t7-/m0/s1. The van der Waals surface area contributed by atoms with Gasteiger partial charge < -0.3 is 20.3 Å². The van der Waals surface area contributed by atoms with E-state index in [2.05, 4.69) is 5.32 Å². The van der Waals surface area contributed by atoms with E-state index in [-0.39, 0.29) is 25.5 Å². The molecule has 1 atom stereocenters. The maximum absolute atomic E-state index is 11.0. The summed E-state index contributed by atoms with van der Waals surface area (Å²) in [6, 6.07) is 0. The van der Waals surface area contributed by atoms with Crippen LogP contribution in [0.4, 0.5) is 0 Å². The molecule has 0 aromatic rings. The van der Waals surface area contributed by atoms with Crippen LogP contribution in [0.15, 0.2) is 0 Å². The molecule has 0 saturated heterocycles. The number of ether oxygens (including phenoxy) is 1. The Morgan fingerprint density at radius 3 is 2.67 bits per heavy atom. The van der Waals surface area contributed by atoms with Crippen LogP contribution >= 0.6 is 0 Å². The van der Waals surface area contributed by atoms with Gasteiger partial charge in [-0.05, 0) is 6.42 Å². The van der Waals surface area contributed by atoms with Gasteiger partial charge in [0.05, 0.1) is 0 Å². The highest BCUT2D eigenvalue weighted by molar-refractivity contribution is 5.77. The van der Waals surface area contributed by atoms with Gasteiger partial charge in [0.2, 0.25) is 5.91 Å². The summed E-state index contributed by atoms with van der Waals surface area (Å²) in [5.74, 6) is -1.59. The first kappa shape index (κ1) is 13.9. The number of hydrogen-bond donors (Lipinski definition) is 3. The van der Waals surface area contributed by atoms with Crippen LogP contribution in [0.3, 0.4) is 0 Å². The summed E-state index contributed by atoms with van der Waals surface area (Å²) in [5.41, 5.74) is 0. The van der Waals surface area contributed by atoms with Gasteiger partial charge in [0.15, 0.2) is 6.10 Å². The first-order valence-electron chi connectivity index (χ1n) is 4.83. The first-order chi connectivity index (χ1) is 7.07. The Morgan fingerprint density at radius 2 is 2.13 bits per heavy atom. The molecule has 0 spiro atoms. The Hall–Kier alpha value is -1.14. The summed E-state index contributed by atoms with van der Waals surface area (Å²) < 4.78 is 4.96. The predicted octanol–water partition coefficient (Wildman–Crippen LogP) is -0.635. The molecular weight excluding hydrogens is 202 g/mol. The number of hydrogen-bond acceptors (Lipinski definition) is 4. The second kappa shape index (κ2) is 8.19. The van der Waals surface area contributed by atoms with Crippen molar-refractivity contribution in [2.45, 2.75) is 25.9 Å². The zero-order valence-corrected chi connectivity index (χ0v) is 8.73. The van der Waals surface area contributed by atoms with E-state index in [1.165, 1.54) is 0 Å². The molecule has 0 unspecified atom stereocenters. The number of nitrogens with one attached hydrogen (secondary N) is 1. The molecule has 0 bridgehead atoms. The lowest BCUT2D eigenvalue weighted by Gasteiger charge is -2.07. The lowest BCUT2D eigenvalue weighted by atomic mass is 10.2. The molecule has 0 aromatic carbocycles. The molecule has 6 heteroatoms. The van der Waals surface area contributed by atoms with Crippen molar-refractivity contribution in [3.05, 3.63) is 0 Å². The van der Waals surface area contributed by atoms with Gasteiger partial charge in [-0.1, -0.05) is 6.92 Å². The van der Waals surface area contributed by atoms with Gasteiger partial charge in [-0.2, -0.15) is 0 Å². The molecule has 6 nitrogen and oxygen atoms in total. The summed E-state index contributed by atoms with van der Waals surface area (Å²) >= 11 is 0. The number of aliphatic hydroxyl groups is 1. The average Bonchev–Trinajstić information content (AvgIpc) is 2.18. The SMILES string of the molecule is CCCOCC(=O)NCC[C@H](O)C(=O)O. The van der Waals surface area contributed by atoms with Gasteiger partial charge in [-0.15, -0.1) is 0 Å². The number of carboxylic acid groups (broad SMARTS) is 1. The number of amides is 1. The van der Waals surface area contributed by atoms with Crippen LogP contribution in [0, 0.1) is 0 Å². The fourth-order valence-electron chi connectivity index (χ4n) is 0.832. The van der Waals surface area contributed by atoms with Gasteiger partial charge in [0.1, 0.15) is 6.61 Å². The van der Waals surface area contributed by atoms with Crippen LogP contribution < -0.4 is 5.32 Å². The van der Waals surface area contributed by atoms with Crippen molar-refractivity contribution < 1.29 is 24.5 Å². The number of aliphatic hydroxyl groups excluding tert-OH is 1. The monoisotopic (exact) mass is 219 g/mol. The Balaban J connectivity index is 3.42. The number of carbonyl (C=O) groups excluding carboxylic acids is 1. The number of aliphatic carboxylic acids is 1. The van der Waals surface area contributed by atoms with Crippen LogP contribution in [0.1, 0.15) is 19.8 Å². The Morgan fingerprint density at radius 1 is 1.47 bits per heavy atom. The average molecular weight is 219 g/mol. The molecule has 0 aliphatic rings. The smallest absolute Gasteiger partial charge is 0.332 e. The molecule has 0 saturated carbocycles. The van der Waals surface area contributed by atoms with Gasteiger partial charge in [0.25, 0.3) is 0 Å². The highest BCUT2D eigenvalue weighted by Gasteiger charge is 2.12. The van der Waals surface area contributed by atoms with Crippen molar-refractivity contribution in [1.29, 1.82) is 0 Å². The second-order valence-electron chi connectivity index (χ2n) is 3.05.